The van der Waals surface area contributed by atoms with Crippen LogP contribution in [0.3, 0.4) is 0 Å². The molecule has 0 aliphatic rings. The van der Waals surface area contributed by atoms with Gasteiger partial charge in [-0.2, -0.15) is 0 Å². The molecule has 0 aliphatic carbocycles. The molecule has 27 heavy (non-hydrogen) atoms. The maximum atomic E-state index is 12.2. The largest absolute Gasteiger partial charge is 0.466 e. The average Bonchev–Trinajstić information content (AvgIpc) is 3.28. The summed E-state index contributed by atoms with van der Waals surface area (Å²) in [5.74, 6) is 0.578. The summed E-state index contributed by atoms with van der Waals surface area (Å²) in [5, 5.41) is 5.48. The van der Waals surface area contributed by atoms with E-state index >= 15 is 0 Å². The Kier molecular flexibility index (Phi) is 5.97. The van der Waals surface area contributed by atoms with Gasteiger partial charge in [-0.3, -0.25) is 14.2 Å². The van der Waals surface area contributed by atoms with E-state index in [1.165, 1.54) is 11.3 Å². The number of ether oxygens (including phenoxy) is 1. The van der Waals surface area contributed by atoms with Crippen molar-refractivity contribution in [3.8, 4) is 16.4 Å². The number of carbonyl (C=O) groups is 2. The van der Waals surface area contributed by atoms with Crippen molar-refractivity contribution in [3.05, 3.63) is 47.7 Å². The summed E-state index contributed by atoms with van der Waals surface area (Å²) < 4.78 is 6.63. The van der Waals surface area contributed by atoms with E-state index in [1.54, 1.807) is 17.7 Å². The van der Waals surface area contributed by atoms with Gasteiger partial charge in [0.25, 0.3) is 0 Å². The van der Waals surface area contributed by atoms with Gasteiger partial charge >= 0.3 is 5.97 Å². The zero-order valence-electron chi connectivity index (χ0n) is 15.1. The number of rotatable bonds is 7. The predicted octanol–water partition coefficient (Wildman–Crippen LogP) is 3.59. The fourth-order valence-electron chi connectivity index (χ4n) is 2.54. The number of aryl methyl sites for hydroxylation is 1. The van der Waals surface area contributed by atoms with Gasteiger partial charge < -0.3 is 10.1 Å². The van der Waals surface area contributed by atoms with Crippen molar-refractivity contribution in [1.82, 2.24) is 14.5 Å². The van der Waals surface area contributed by atoms with E-state index < -0.39 is 0 Å². The Morgan fingerprint density at radius 1 is 1.22 bits per heavy atom. The fourth-order valence-corrected chi connectivity index (χ4v) is 3.43. The molecule has 0 spiro atoms. The lowest BCUT2D eigenvalue weighted by Crippen LogP contribution is -2.16. The Hall–Kier alpha value is -3.00. The Bertz CT molecular complexity index is 934. The normalized spacial score (nSPS) is 10.6. The molecule has 2 aromatic heterocycles. The van der Waals surface area contributed by atoms with Crippen LogP contribution in [0.1, 0.15) is 25.6 Å². The number of nitrogens with one attached hydrogen (secondary N) is 1. The number of anilines is 1. The highest BCUT2D eigenvalue weighted by Gasteiger charge is 2.16. The van der Waals surface area contributed by atoms with Crippen LogP contribution in [0.15, 0.2) is 41.9 Å². The summed E-state index contributed by atoms with van der Waals surface area (Å²) in [6.45, 7) is 3.88. The molecule has 1 aromatic carbocycles. The summed E-state index contributed by atoms with van der Waals surface area (Å²) >= 11 is 1.47. The van der Waals surface area contributed by atoms with Crippen LogP contribution in [0.5, 0.6) is 0 Å². The van der Waals surface area contributed by atoms with Crippen molar-refractivity contribution in [1.29, 1.82) is 0 Å². The topological polar surface area (TPSA) is 86.1 Å². The van der Waals surface area contributed by atoms with Crippen LogP contribution in [0, 0.1) is 6.92 Å². The number of carbonyl (C=O) groups excluding carboxylic acids is 2. The lowest BCUT2D eigenvalue weighted by atomic mass is 10.2. The molecule has 0 radical (unpaired) electrons. The van der Waals surface area contributed by atoms with E-state index in [0.717, 1.165) is 11.3 Å². The molecule has 8 heteroatoms. The third kappa shape index (κ3) is 4.59. The minimum atomic E-state index is -0.384. The van der Waals surface area contributed by atoms with Crippen molar-refractivity contribution >= 4 is 29.0 Å². The molecule has 0 unspecified atom stereocenters. The first-order chi connectivity index (χ1) is 13.1. The molecule has 2 heterocycles. The van der Waals surface area contributed by atoms with E-state index in [-0.39, 0.29) is 24.7 Å². The standard InChI is InChI=1S/C19H20N4O3S/c1-3-26-18(25)10-9-17(24)22-16-11-20-13(2)23(16)19-21-15(12-27-19)14-7-5-4-6-8-14/h4-8,11-12H,3,9-10H2,1-2H3,(H,22,24). The summed E-state index contributed by atoms with van der Waals surface area (Å²) in [6.07, 6.45) is 1.68. The molecule has 0 aliphatic heterocycles. The van der Waals surface area contributed by atoms with Crippen LogP contribution in [0.4, 0.5) is 5.82 Å². The second-order valence-corrected chi connectivity index (χ2v) is 6.60. The zero-order chi connectivity index (χ0) is 19.2. The van der Waals surface area contributed by atoms with Gasteiger partial charge in [0, 0.05) is 17.4 Å². The molecule has 7 nitrogen and oxygen atoms in total. The van der Waals surface area contributed by atoms with Crippen LogP contribution in [0.2, 0.25) is 0 Å². The highest BCUT2D eigenvalue weighted by molar-refractivity contribution is 7.12. The molecule has 3 rings (SSSR count). The first-order valence-electron chi connectivity index (χ1n) is 8.59. The van der Waals surface area contributed by atoms with Gasteiger partial charge in [0.1, 0.15) is 11.6 Å². The number of benzene rings is 1. The molecular weight excluding hydrogens is 364 g/mol. The SMILES string of the molecule is CCOC(=O)CCC(=O)Nc1cnc(C)n1-c1nc(-c2ccccc2)cs1. The third-order valence-electron chi connectivity index (χ3n) is 3.82. The fraction of sp³-hybridized carbons (Fsp3) is 0.263. The van der Waals surface area contributed by atoms with E-state index in [9.17, 15) is 9.59 Å². The number of esters is 1. The van der Waals surface area contributed by atoms with Crippen LogP contribution in [-0.4, -0.2) is 33.0 Å². The Labute approximate surface area is 161 Å². The molecule has 3 aromatic rings. The minimum absolute atomic E-state index is 0.0438. The Balaban J connectivity index is 1.75. The van der Waals surface area contributed by atoms with Crippen LogP contribution < -0.4 is 5.32 Å². The van der Waals surface area contributed by atoms with Gasteiger partial charge in [0.05, 0.1) is 24.9 Å². The zero-order valence-corrected chi connectivity index (χ0v) is 16.0. The number of nitrogens with zero attached hydrogens (tertiary/aromatic N) is 3. The molecule has 1 N–H and O–H groups in total. The molecule has 140 valence electrons. The first-order valence-corrected chi connectivity index (χ1v) is 9.47. The van der Waals surface area contributed by atoms with Gasteiger partial charge in [-0.25, -0.2) is 9.97 Å². The lowest BCUT2D eigenvalue weighted by Gasteiger charge is -2.08. The number of hydrogen-bond donors (Lipinski definition) is 1. The predicted molar refractivity (Wildman–Crippen MR) is 104 cm³/mol. The number of amides is 1. The summed E-state index contributed by atoms with van der Waals surface area (Å²) in [7, 11) is 0. The number of thiazole rings is 1. The Morgan fingerprint density at radius 2 is 2.00 bits per heavy atom. The average molecular weight is 384 g/mol. The van der Waals surface area contributed by atoms with Crippen molar-refractivity contribution in [2.45, 2.75) is 26.7 Å². The van der Waals surface area contributed by atoms with E-state index in [2.05, 4.69) is 15.3 Å². The summed E-state index contributed by atoms with van der Waals surface area (Å²) in [6, 6.07) is 9.88. The number of aromatic nitrogens is 3. The smallest absolute Gasteiger partial charge is 0.306 e. The summed E-state index contributed by atoms with van der Waals surface area (Å²) in [5.41, 5.74) is 1.89. The van der Waals surface area contributed by atoms with Crippen molar-refractivity contribution < 1.29 is 14.3 Å². The van der Waals surface area contributed by atoms with Crippen molar-refractivity contribution in [2.24, 2.45) is 0 Å². The van der Waals surface area contributed by atoms with E-state index in [0.29, 0.717) is 23.4 Å². The van der Waals surface area contributed by atoms with Gasteiger partial charge in [-0.15, -0.1) is 11.3 Å². The highest BCUT2D eigenvalue weighted by Crippen LogP contribution is 2.27. The highest BCUT2D eigenvalue weighted by atomic mass is 32.1. The van der Waals surface area contributed by atoms with Crippen molar-refractivity contribution in [3.63, 3.8) is 0 Å². The molecule has 0 saturated heterocycles. The quantitative estimate of drug-likeness (QED) is 0.629. The van der Waals surface area contributed by atoms with Crippen LogP contribution >= 0.6 is 11.3 Å². The maximum Gasteiger partial charge on any atom is 0.306 e. The van der Waals surface area contributed by atoms with Gasteiger partial charge in [0.15, 0.2) is 5.13 Å². The first kappa shape index (κ1) is 18.8. The van der Waals surface area contributed by atoms with Crippen molar-refractivity contribution in [2.75, 3.05) is 11.9 Å². The second kappa shape index (κ2) is 8.59. The van der Waals surface area contributed by atoms with Crippen LogP contribution in [0.25, 0.3) is 16.4 Å². The maximum absolute atomic E-state index is 12.2. The van der Waals surface area contributed by atoms with E-state index in [1.807, 2.05) is 42.6 Å². The van der Waals surface area contributed by atoms with Gasteiger partial charge in [0.2, 0.25) is 5.91 Å². The van der Waals surface area contributed by atoms with Gasteiger partial charge in [-0.05, 0) is 13.8 Å². The molecule has 0 atom stereocenters. The van der Waals surface area contributed by atoms with E-state index in [4.69, 9.17) is 4.74 Å². The monoisotopic (exact) mass is 384 g/mol. The summed E-state index contributed by atoms with van der Waals surface area (Å²) in [4.78, 5) is 32.5. The Morgan fingerprint density at radius 3 is 2.74 bits per heavy atom. The van der Waals surface area contributed by atoms with Gasteiger partial charge in [-0.1, -0.05) is 30.3 Å². The molecule has 0 fully saturated rings. The third-order valence-corrected chi connectivity index (χ3v) is 4.65. The lowest BCUT2D eigenvalue weighted by molar-refractivity contribution is -0.144. The minimum Gasteiger partial charge on any atom is -0.466 e. The second-order valence-electron chi connectivity index (χ2n) is 5.76. The molecular formula is C19H20N4O3S. The molecule has 0 bridgehead atoms. The number of hydrogen-bond acceptors (Lipinski definition) is 6. The van der Waals surface area contributed by atoms with Crippen LogP contribution in [-0.2, 0) is 14.3 Å². The molecule has 0 saturated carbocycles. The molecule has 1 amide bonds. The number of imidazole rings is 1.